The molecule has 0 bridgehead atoms. The van der Waals surface area contributed by atoms with Crippen molar-refractivity contribution >= 4 is 0 Å². The molecule has 0 radical (unpaired) electrons. The van der Waals surface area contributed by atoms with Crippen LogP contribution in [0.1, 0.15) is 42.9 Å². The molecular formula is C27H25Cl3Ti. The standard InChI is InChI=1S/C27H25.3ClH.Ti/c1-2-12-22-19-20-26(21-22)27(23-13-6-3-7-14-23,24-15-8-4-9-16-24)25-17-10-5-11-18-25;;;;/h3-11,13-19H,2,12,20H2,1H3;3*1H;/q;;;;+3/p-3. The van der Waals surface area contributed by atoms with Crippen molar-refractivity contribution in [2.75, 3.05) is 0 Å². The largest absolute Gasteiger partial charge is 1.00 e. The average Bonchev–Trinajstić information content (AvgIpc) is 3.12. The first-order chi connectivity index (χ1) is 13.8. The van der Waals surface area contributed by atoms with Gasteiger partial charge in [-0.25, -0.2) is 0 Å². The number of allylic oxidation sites excluding steroid dienone is 4. The van der Waals surface area contributed by atoms with Gasteiger partial charge in [0.05, 0.1) is 0 Å². The SMILES string of the molecule is CCCC1=CCC(C(c2ccccc2)(c2ccccc2)c2ccccc2)=[C]1[Ti+3].[Cl-].[Cl-].[Cl-]. The zero-order valence-electron chi connectivity index (χ0n) is 17.5. The normalized spacial score (nSPS) is 12.9. The molecule has 0 saturated heterocycles. The van der Waals surface area contributed by atoms with E-state index in [-0.39, 0.29) is 42.6 Å². The zero-order chi connectivity index (χ0) is 19.4. The Morgan fingerprint density at radius 2 is 1.06 bits per heavy atom. The van der Waals surface area contributed by atoms with Crippen LogP contribution in [0.3, 0.4) is 0 Å². The molecule has 0 atom stereocenters. The molecule has 158 valence electrons. The van der Waals surface area contributed by atoms with E-state index in [0.717, 1.165) is 12.8 Å². The Morgan fingerprint density at radius 1 is 0.677 bits per heavy atom. The van der Waals surface area contributed by atoms with Crippen molar-refractivity contribution in [2.45, 2.75) is 31.6 Å². The van der Waals surface area contributed by atoms with Crippen molar-refractivity contribution in [3.05, 3.63) is 129 Å². The van der Waals surface area contributed by atoms with Gasteiger partial charge in [0.25, 0.3) is 0 Å². The molecule has 4 rings (SSSR count). The molecule has 0 spiro atoms. The van der Waals surface area contributed by atoms with Crippen molar-refractivity contribution in [1.82, 2.24) is 0 Å². The fourth-order valence-corrected chi connectivity index (χ4v) is 5.35. The molecule has 3 aromatic rings. The summed E-state index contributed by atoms with van der Waals surface area (Å²) in [7, 11) is 0. The summed E-state index contributed by atoms with van der Waals surface area (Å²) in [5.41, 5.74) is 6.79. The van der Waals surface area contributed by atoms with Gasteiger partial charge in [-0.2, -0.15) is 0 Å². The van der Waals surface area contributed by atoms with Gasteiger partial charge in [0, 0.05) is 0 Å². The number of hydrogen-bond acceptors (Lipinski definition) is 0. The minimum atomic E-state index is -0.264. The van der Waals surface area contributed by atoms with Gasteiger partial charge in [-0.1, -0.05) is 0 Å². The summed E-state index contributed by atoms with van der Waals surface area (Å²) in [6.07, 6.45) is 5.81. The van der Waals surface area contributed by atoms with Gasteiger partial charge in [0.15, 0.2) is 0 Å². The van der Waals surface area contributed by atoms with Gasteiger partial charge < -0.3 is 37.2 Å². The number of benzene rings is 3. The van der Waals surface area contributed by atoms with Crippen molar-refractivity contribution in [2.24, 2.45) is 0 Å². The number of hydrogen-bond donors (Lipinski definition) is 0. The molecule has 0 nitrogen and oxygen atoms in total. The first-order valence-corrected chi connectivity index (χ1v) is 10.9. The van der Waals surface area contributed by atoms with Crippen LogP contribution in [0.4, 0.5) is 0 Å². The van der Waals surface area contributed by atoms with Crippen LogP contribution in [0, 0.1) is 0 Å². The van der Waals surface area contributed by atoms with Crippen molar-refractivity contribution in [1.29, 1.82) is 0 Å². The molecule has 0 saturated carbocycles. The minimum Gasteiger partial charge on any atom is -1.00 e. The van der Waals surface area contributed by atoms with Crippen LogP contribution in [0.25, 0.3) is 0 Å². The summed E-state index contributed by atoms with van der Waals surface area (Å²) in [5, 5.41) is 0. The van der Waals surface area contributed by atoms with E-state index in [1.807, 2.05) is 0 Å². The van der Waals surface area contributed by atoms with Gasteiger partial charge in [-0.05, 0) is 0 Å². The number of rotatable bonds is 6. The quantitative estimate of drug-likeness (QED) is 0.269. The number of halogens is 3. The van der Waals surface area contributed by atoms with Crippen LogP contribution < -0.4 is 37.2 Å². The van der Waals surface area contributed by atoms with Crippen LogP contribution in [0.5, 0.6) is 0 Å². The molecule has 1 aliphatic rings. The monoisotopic (exact) mass is 502 g/mol. The van der Waals surface area contributed by atoms with Gasteiger partial charge in [0.1, 0.15) is 0 Å². The van der Waals surface area contributed by atoms with E-state index in [2.05, 4.69) is 124 Å². The summed E-state index contributed by atoms with van der Waals surface area (Å²) in [6.45, 7) is 2.27. The molecule has 1 aliphatic carbocycles. The van der Waals surface area contributed by atoms with E-state index in [1.54, 1.807) is 0 Å². The van der Waals surface area contributed by atoms with Crippen molar-refractivity contribution < 1.29 is 57.7 Å². The first kappa shape index (κ1) is 27.8. The van der Waals surface area contributed by atoms with Crippen LogP contribution in [0.15, 0.2) is 112 Å². The third-order valence-electron chi connectivity index (χ3n) is 5.77. The predicted octanol–water partition coefficient (Wildman–Crippen LogP) is -2.04. The van der Waals surface area contributed by atoms with Gasteiger partial charge in [-0.15, -0.1) is 0 Å². The summed E-state index contributed by atoms with van der Waals surface area (Å²) in [4.78, 5) is 0. The molecule has 0 amide bonds. The van der Waals surface area contributed by atoms with Crippen molar-refractivity contribution in [3.63, 3.8) is 0 Å². The zero-order valence-corrected chi connectivity index (χ0v) is 21.3. The Morgan fingerprint density at radius 3 is 1.42 bits per heavy atom. The Bertz CT molecular complexity index is 900. The Balaban J connectivity index is 0.00000160. The van der Waals surface area contributed by atoms with E-state index in [9.17, 15) is 0 Å². The van der Waals surface area contributed by atoms with Crippen LogP contribution >= 0.6 is 0 Å². The topological polar surface area (TPSA) is 0 Å². The minimum absolute atomic E-state index is 0. The van der Waals surface area contributed by atoms with E-state index in [4.69, 9.17) is 0 Å². The molecule has 0 N–H and O–H groups in total. The molecule has 0 aliphatic heterocycles. The molecule has 0 aromatic heterocycles. The van der Waals surface area contributed by atoms with E-state index in [0.29, 0.717) is 0 Å². The van der Waals surface area contributed by atoms with E-state index < -0.39 is 0 Å². The summed E-state index contributed by atoms with van der Waals surface area (Å²) in [5.74, 6) is 0. The van der Waals surface area contributed by atoms with E-state index >= 15 is 0 Å². The second-order valence-electron chi connectivity index (χ2n) is 7.39. The average molecular weight is 504 g/mol. The second kappa shape index (κ2) is 12.7. The maximum absolute atomic E-state index is 2.46. The van der Waals surface area contributed by atoms with Gasteiger partial charge in [-0.3, -0.25) is 0 Å². The molecule has 0 heterocycles. The summed E-state index contributed by atoms with van der Waals surface area (Å²) < 4.78 is 1.47. The first-order valence-electron chi connectivity index (χ1n) is 10.1. The fourth-order valence-electron chi connectivity index (χ4n) is 4.55. The fraction of sp³-hybridized carbons (Fsp3) is 0.185. The maximum atomic E-state index is 2.46. The van der Waals surface area contributed by atoms with Crippen LogP contribution in [-0.4, -0.2) is 0 Å². The third-order valence-corrected chi connectivity index (χ3v) is 6.74. The van der Waals surface area contributed by atoms with Gasteiger partial charge in [0.2, 0.25) is 0 Å². The maximum Gasteiger partial charge on any atom is -1.00 e. The van der Waals surface area contributed by atoms with Gasteiger partial charge >= 0.3 is 181 Å². The smallest absolute Gasteiger partial charge is 1.00 e. The molecule has 4 heteroatoms. The van der Waals surface area contributed by atoms with Crippen molar-refractivity contribution in [3.8, 4) is 0 Å². The molecule has 31 heavy (non-hydrogen) atoms. The van der Waals surface area contributed by atoms with Crippen LogP contribution in [0.2, 0.25) is 0 Å². The predicted molar refractivity (Wildman–Crippen MR) is 114 cm³/mol. The van der Waals surface area contributed by atoms with Crippen LogP contribution in [-0.2, 0) is 25.9 Å². The summed E-state index contributed by atoms with van der Waals surface area (Å²) >= 11 is 2.33. The Kier molecular flexibility index (Phi) is 11.4. The molecule has 0 fully saturated rings. The summed E-state index contributed by atoms with van der Waals surface area (Å²) in [6, 6.07) is 33.1. The third kappa shape index (κ3) is 5.21. The Hall–Kier alpha value is -1.28. The second-order valence-corrected chi connectivity index (χ2v) is 8.17. The Labute approximate surface area is 216 Å². The molecule has 0 unspecified atom stereocenters. The molecular weight excluding hydrogens is 479 g/mol. The molecule has 3 aromatic carbocycles. The van der Waals surface area contributed by atoms with E-state index in [1.165, 1.54) is 38.1 Å².